The highest BCUT2D eigenvalue weighted by Gasteiger charge is 2.15. The maximum atomic E-state index is 12.9. The van der Waals surface area contributed by atoms with Crippen LogP contribution in [0.3, 0.4) is 0 Å². The van der Waals surface area contributed by atoms with E-state index in [1.165, 1.54) is 24.3 Å². The number of hydrogen-bond donors (Lipinski definition) is 1. The lowest BCUT2D eigenvalue weighted by Gasteiger charge is -2.16. The molecule has 2 aromatic rings. The van der Waals surface area contributed by atoms with E-state index in [-0.39, 0.29) is 17.8 Å². The average molecular weight is 361 g/mol. The number of carbonyl (C=O) groups is 1. The summed E-state index contributed by atoms with van der Waals surface area (Å²) in [4.78, 5) is 12.2. The van der Waals surface area contributed by atoms with Crippen LogP contribution in [0.4, 0.5) is 4.39 Å². The van der Waals surface area contributed by atoms with Crippen molar-refractivity contribution in [1.82, 2.24) is 5.32 Å². The van der Waals surface area contributed by atoms with Gasteiger partial charge in [0.1, 0.15) is 11.6 Å². The van der Waals surface area contributed by atoms with Crippen LogP contribution in [0.1, 0.15) is 26.3 Å². The second-order valence-corrected chi connectivity index (χ2v) is 6.08. The Labute approximate surface area is 153 Å². The largest absolute Gasteiger partial charge is 0.493 e. The SMILES string of the molecule is COc1cc(CNC(=O)C(C)Oc2ccc(F)cc2)ccc1OC(C)C. The Balaban J connectivity index is 1.92. The van der Waals surface area contributed by atoms with Gasteiger partial charge >= 0.3 is 0 Å². The molecule has 6 heteroatoms. The van der Waals surface area contributed by atoms with Crippen molar-refractivity contribution in [2.75, 3.05) is 7.11 Å². The molecule has 0 aliphatic heterocycles. The zero-order chi connectivity index (χ0) is 19.1. The van der Waals surface area contributed by atoms with Crippen molar-refractivity contribution in [2.45, 2.75) is 39.5 Å². The van der Waals surface area contributed by atoms with Crippen LogP contribution in [0.5, 0.6) is 17.2 Å². The maximum absolute atomic E-state index is 12.9. The third-order valence-corrected chi connectivity index (χ3v) is 3.55. The minimum absolute atomic E-state index is 0.0407. The summed E-state index contributed by atoms with van der Waals surface area (Å²) in [7, 11) is 1.57. The molecule has 1 N–H and O–H groups in total. The Morgan fingerprint density at radius 2 is 1.73 bits per heavy atom. The molecule has 140 valence electrons. The molecule has 0 radical (unpaired) electrons. The molecule has 0 saturated carbocycles. The predicted octanol–water partition coefficient (Wildman–Crippen LogP) is 3.71. The zero-order valence-corrected chi connectivity index (χ0v) is 15.4. The van der Waals surface area contributed by atoms with Gasteiger partial charge in [0, 0.05) is 6.54 Å². The van der Waals surface area contributed by atoms with Crippen LogP contribution in [0, 0.1) is 5.82 Å². The Bertz CT molecular complexity index is 731. The minimum Gasteiger partial charge on any atom is -0.493 e. The van der Waals surface area contributed by atoms with E-state index in [2.05, 4.69) is 5.32 Å². The molecule has 0 bridgehead atoms. The number of methoxy groups -OCH3 is 1. The van der Waals surface area contributed by atoms with Crippen LogP contribution in [0.15, 0.2) is 42.5 Å². The first-order chi connectivity index (χ1) is 12.4. The van der Waals surface area contributed by atoms with E-state index in [4.69, 9.17) is 14.2 Å². The first-order valence-electron chi connectivity index (χ1n) is 8.42. The molecule has 0 aromatic heterocycles. The van der Waals surface area contributed by atoms with E-state index in [0.29, 0.717) is 23.8 Å². The van der Waals surface area contributed by atoms with Crippen molar-refractivity contribution < 1.29 is 23.4 Å². The van der Waals surface area contributed by atoms with Gasteiger partial charge in [0.2, 0.25) is 0 Å². The summed E-state index contributed by atoms with van der Waals surface area (Å²) < 4.78 is 29.4. The van der Waals surface area contributed by atoms with Crippen molar-refractivity contribution in [3.63, 3.8) is 0 Å². The number of amides is 1. The summed E-state index contributed by atoms with van der Waals surface area (Å²) in [6.07, 6.45) is -0.662. The van der Waals surface area contributed by atoms with Gasteiger partial charge in [-0.2, -0.15) is 0 Å². The standard InChI is InChI=1S/C20H24FNO4/c1-13(2)25-18-10-5-15(11-19(18)24-4)12-22-20(23)14(3)26-17-8-6-16(21)7-9-17/h5-11,13-14H,12H2,1-4H3,(H,22,23). The quantitative estimate of drug-likeness (QED) is 0.779. The molecule has 1 amide bonds. The Morgan fingerprint density at radius 3 is 2.35 bits per heavy atom. The zero-order valence-electron chi connectivity index (χ0n) is 15.4. The fourth-order valence-electron chi connectivity index (χ4n) is 2.28. The van der Waals surface area contributed by atoms with Gasteiger partial charge in [-0.05, 0) is 62.7 Å². The highest BCUT2D eigenvalue weighted by atomic mass is 19.1. The van der Waals surface area contributed by atoms with Gasteiger partial charge in [-0.15, -0.1) is 0 Å². The van der Waals surface area contributed by atoms with Crippen LogP contribution in [0.25, 0.3) is 0 Å². The van der Waals surface area contributed by atoms with E-state index in [1.807, 2.05) is 32.0 Å². The van der Waals surface area contributed by atoms with Crippen molar-refractivity contribution in [2.24, 2.45) is 0 Å². The molecule has 0 fully saturated rings. The molecule has 0 spiro atoms. The second-order valence-electron chi connectivity index (χ2n) is 6.08. The first-order valence-corrected chi connectivity index (χ1v) is 8.42. The number of nitrogens with one attached hydrogen (secondary N) is 1. The lowest BCUT2D eigenvalue weighted by atomic mass is 10.2. The smallest absolute Gasteiger partial charge is 0.261 e. The number of rotatable bonds is 8. The molecule has 2 aromatic carbocycles. The second kappa shape index (κ2) is 9.08. The third-order valence-electron chi connectivity index (χ3n) is 3.55. The molecular formula is C20H24FNO4. The lowest BCUT2D eigenvalue weighted by molar-refractivity contribution is -0.127. The number of halogens is 1. The Morgan fingerprint density at radius 1 is 1.04 bits per heavy atom. The minimum atomic E-state index is -0.703. The molecule has 0 heterocycles. The van der Waals surface area contributed by atoms with Crippen LogP contribution >= 0.6 is 0 Å². The van der Waals surface area contributed by atoms with Crippen molar-refractivity contribution >= 4 is 5.91 Å². The molecule has 0 saturated heterocycles. The molecule has 1 atom stereocenters. The molecule has 2 rings (SSSR count). The summed E-state index contributed by atoms with van der Waals surface area (Å²) in [5, 5.41) is 2.81. The van der Waals surface area contributed by atoms with Gasteiger partial charge < -0.3 is 19.5 Å². The number of carbonyl (C=O) groups excluding carboxylic acids is 1. The molecular weight excluding hydrogens is 337 g/mol. The van der Waals surface area contributed by atoms with Crippen LogP contribution in [-0.4, -0.2) is 25.2 Å². The lowest BCUT2D eigenvalue weighted by Crippen LogP contribution is -2.35. The van der Waals surface area contributed by atoms with Crippen molar-refractivity contribution in [3.05, 3.63) is 53.8 Å². The Hall–Kier alpha value is -2.76. The fourth-order valence-corrected chi connectivity index (χ4v) is 2.28. The van der Waals surface area contributed by atoms with Crippen molar-refractivity contribution in [1.29, 1.82) is 0 Å². The Kier molecular flexibility index (Phi) is 6.83. The summed E-state index contributed by atoms with van der Waals surface area (Å²) in [6.45, 7) is 5.85. The normalized spacial score (nSPS) is 11.8. The van der Waals surface area contributed by atoms with Gasteiger partial charge in [-0.3, -0.25) is 4.79 Å². The van der Waals surface area contributed by atoms with E-state index in [9.17, 15) is 9.18 Å². The first kappa shape index (κ1) is 19.6. The average Bonchev–Trinajstić information content (AvgIpc) is 2.62. The van der Waals surface area contributed by atoms with Gasteiger partial charge in [-0.1, -0.05) is 6.07 Å². The van der Waals surface area contributed by atoms with Crippen LogP contribution < -0.4 is 19.5 Å². The summed E-state index contributed by atoms with van der Waals surface area (Å²) in [5.74, 6) is 1.08. The fraction of sp³-hybridized carbons (Fsp3) is 0.350. The molecule has 5 nitrogen and oxygen atoms in total. The topological polar surface area (TPSA) is 56.8 Å². The monoisotopic (exact) mass is 361 g/mol. The number of ether oxygens (including phenoxy) is 3. The third kappa shape index (κ3) is 5.65. The molecule has 0 aliphatic rings. The summed E-state index contributed by atoms with van der Waals surface area (Å²) >= 11 is 0. The summed E-state index contributed by atoms with van der Waals surface area (Å²) in [6, 6.07) is 11.0. The molecule has 0 aliphatic carbocycles. The van der Waals surface area contributed by atoms with E-state index in [0.717, 1.165) is 5.56 Å². The van der Waals surface area contributed by atoms with Crippen molar-refractivity contribution in [3.8, 4) is 17.2 Å². The highest BCUT2D eigenvalue weighted by molar-refractivity contribution is 5.80. The molecule has 1 unspecified atom stereocenters. The number of hydrogen-bond acceptors (Lipinski definition) is 4. The van der Waals surface area contributed by atoms with Gasteiger partial charge in [0.15, 0.2) is 17.6 Å². The van der Waals surface area contributed by atoms with Crippen LogP contribution in [0.2, 0.25) is 0 Å². The molecule has 26 heavy (non-hydrogen) atoms. The van der Waals surface area contributed by atoms with Crippen LogP contribution in [-0.2, 0) is 11.3 Å². The van der Waals surface area contributed by atoms with E-state index >= 15 is 0 Å². The van der Waals surface area contributed by atoms with Gasteiger partial charge in [-0.25, -0.2) is 4.39 Å². The van der Waals surface area contributed by atoms with E-state index < -0.39 is 6.10 Å². The predicted molar refractivity (Wildman–Crippen MR) is 97.1 cm³/mol. The highest BCUT2D eigenvalue weighted by Crippen LogP contribution is 2.28. The summed E-state index contributed by atoms with van der Waals surface area (Å²) in [5.41, 5.74) is 0.875. The maximum Gasteiger partial charge on any atom is 0.261 e. The van der Waals surface area contributed by atoms with Gasteiger partial charge in [0.25, 0.3) is 5.91 Å². The number of benzene rings is 2. The van der Waals surface area contributed by atoms with Gasteiger partial charge in [0.05, 0.1) is 13.2 Å². The van der Waals surface area contributed by atoms with E-state index in [1.54, 1.807) is 14.0 Å².